The van der Waals surface area contributed by atoms with Gasteiger partial charge in [-0.05, 0) is 24.6 Å². The number of ether oxygens (including phenoxy) is 1. The molecule has 0 radical (unpaired) electrons. The van der Waals surface area contributed by atoms with E-state index in [1.807, 2.05) is 12.1 Å². The summed E-state index contributed by atoms with van der Waals surface area (Å²) in [7, 11) is 0. The van der Waals surface area contributed by atoms with Crippen LogP contribution in [0.4, 0.5) is 0 Å². The molecule has 0 amide bonds. The summed E-state index contributed by atoms with van der Waals surface area (Å²) in [6, 6.07) is 12.6. The topological polar surface area (TPSA) is 25.0 Å². The lowest BCUT2D eigenvalue weighted by molar-refractivity contribution is 0.342. The van der Waals surface area contributed by atoms with E-state index in [9.17, 15) is 0 Å². The van der Waals surface area contributed by atoms with Crippen molar-refractivity contribution >= 4 is 37.7 Å². The molecule has 0 saturated heterocycles. The lowest BCUT2D eigenvalue weighted by Crippen LogP contribution is -2.01. The Kier molecular flexibility index (Phi) is 3.79. The normalized spacial score (nSPS) is 11.1. The van der Waals surface area contributed by atoms with Gasteiger partial charge in [-0.1, -0.05) is 40.2 Å². The van der Waals surface area contributed by atoms with Crippen LogP contribution >= 0.6 is 15.9 Å². The van der Waals surface area contributed by atoms with E-state index in [4.69, 9.17) is 4.74 Å². The van der Waals surface area contributed by atoms with Crippen molar-refractivity contribution in [3.8, 4) is 5.75 Å². The highest BCUT2D eigenvalue weighted by Crippen LogP contribution is 2.33. The number of nitrogens with one attached hydrogen (secondary N) is 1. The predicted octanol–water partition coefficient (Wildman–Crippen LogP) is 4.82. The molecule has 102 valence electrons. The average molecular weight is 330 g/mol. The van der Waals surface area contributed by atoms with Crippen LogP contribution in [0.5, 0.6) is 5.75 Å². The molecule has 1 N–H and O–H groups in total. The highest BCUT2D eigenvalue weighted by atomic mass is 79.9. The van der Waals surface area contributed by atoms with Crippen LogP contribution in [-0.2, 0) is 6.42 Å². The number of halogens is 1. The van der Waals surface area contributed by atoms with Crippen LogP contribution < -0.4 is 4.74 Å². The van der Waals surface area contributed by atoms with Crippen molar-refractivity contribution in [3.63, 3.8) is 0 Å². The smallest absolute Gasteiger partial charge is 0.124 e. The molecule has 3 heteroatoms. The Hall–Kier alpha value is -1.74. The molecule has 0 aliphatic heterocycles. The van der Waals surface area contributed by atoms with Gasteiger partial charge in [0.1, 0.15) is 5.75 Å². The maximum Gasteiger partial charge on any atom is 0.124 e. The first-order valence-electron chi connectivity index (χ1n) is 6.67. The highest BCUT2D eigenvalue weighted by molar-refractivity contribution is 9.09. The van der Waals surface area contributed by atoms with Crippen LogP contribution in [0.1, 0.15) is 5.56 Å². The van der Waals surface area contributed by atoms with Crippen molar-refractivity contribution in [1.29, 1.82) is 0 Å². The maximum absolute atomic E-state index is 5.83. The third-order valence-electron chi connectivity index (χ3n) is 3.43. The molecule has 2 nitrogen and oxygen atoms in total. The van der Waals surface area contributed by atoms with Crippen LogP contribution in [0.15, 0.2) is 49.1 Å². The molecular formula is C17H16BrNO. The molecule has 0 fully saturated rings. The fourth-order valence-corrected chi connectivity index (χ4v) is 2.75. The van der Waals surface area contributed by atoms with E-state index in [1.165, 1.54) is 16.3 Å². The molecule has 3 rings (SSSR count). The van der Waals surface area contributed by atoms with E-state index < -0.39 is 0 Å². The van der Waals surface area contributed by atoms with Gasteiger partial charge in [0, 0.05) is 27.2 Å². The highest BCUT2D eigenvalue weighted by Gasteiger charge is 2.12. The van der Waals surface area contributed by atoms with Gasteiger partial charge in [-0.3, -0.25) is 0 Å². The molecule has 2 aromatic carbocycles. The number of H-pyrrole nitrogens is 1. The summed E-state index contributed by atoms with van der Waals surface area (Å²) < 4.78 is 5.83. The first kappa shape index (κ1) is 13.3. The minimum Gasteiger partial charge on any atom is -0.492 e. The second-order valence-corrected chi connectivity index (χ2v) is 5.46. The van der Waals surface area contributed by atoms with Gasteiger partial charge in [-0.15, -0.1) is 6.58 Å². The van der Waals surface area contributed by atoms with Gasteiger partial charge in [0.2, 0.25) is 0 Å². The van der Waals surface area contributed by atoms with Crippen LogP contribution in [-0.4, -0.2) is 16.9 Å². The standard InChI is InChI=1S/C17H16BrNO/c1-2-5-14-16(20-11-10-18)9-8-13-12-6-3-4-7-15(12)19-17(13)14/h2-4,6-9,19H,1,5,10-11H2. The summed E-state index contributed by atoms with van der Waals surface area (Å²) in [5, 5.41) is 3.31. The number of alkyl halides is 1. The van der Waals surface area contributed by atoms with E-state index in [2.05, 4.69) is 57.8 Å². The quantitative estimate of drug-likeness (QED) is 0.526. The number of hydrogen-bond donors (Lipinski definition) is 1. The van der Waals surface area contributed by atoms with Gasteiger partial charge in [0.15, 0.2) is 0 Å². The van der Waals surface area contributed by atoms with Crippen LogP contribution in [0.3, 0.4) is 0 Å². The zero-order valence-corrected chi connectivity index (χ0v) is 12.7. The monoisotopic (exact) mass is 329 g/mol. The second kappa shape index (κ2) is 5.71. The fraction of sp³-hybridized carbons (Fsp3) is 0.176. The van der Waals surface area contributed by atoms with Crippen molar-refractivity contribution in [3.05, 3.63) is 54.6 Å². The molecule has 20 heavy (non-hydrogen) atoms. The third kappa shape index (κ3) is 2.22. The lowest BCUT2D eigenvalue weighted by atomic mass is 10.1. The summed E-state index contributed by atoms with van der Waals surface area (Å²) in [5.74, 6) is 0.934. The number of rotatable bonds is 5. The largest absolute Gasteiger partial charge is 0.492 e. The molecule has 3 aromatic rings. The molecule has 0 spiro atoms. The number of fused-ring (bicyclic) bond motifs is 3. The first-order chi connectivity index (χ1) is 9.85. The molecule has 1 aromatic heterocycles. The Balaban J connectivity index is 2.24. The number of aromatic nitrogens is 1. The SMILES string of the molecule is C=CCc1c(OCCBr)ccc2c1[nH]c1ccccc12. The lowest BCUT2D eigenvalue weighted by Gasteiger charge is -2.10. The Morgan fingerprint density at radius 3 is 2.80 bits per heavy atom. The van der Waals surface area contributed by atoms with Crippen LogP contribution in [0.25, 0.3) is 21.8 Å². The Labute approximate surface area is 126 Å². The van der Waals surface area contributed by atoms with E-state index in [0.29, 0.717) is 6.61 Å². The van der Waals surface area contributed by atoms with E-state index in [-0.39, 0.29) is 0 Å². The molecule has 0 atom stereocenters. The van der Waals surface area contributed by atoms with Gasteiger partial charge < -0.3 is 9.72 Å². The molecular weight excluding hydrogens is 314 g/mol. The molecule has 0 unspecified atom stereocenters. The summed E-state index contributed by atoms with van der Waals surface area (Å²) >= 11 is 3.40. The second-order valence-electron chi connectivity index (χ2n) is 4.67. The zero-order valence-electron chi connectivity index (χ0n) is 11.2. The summed E-state index contributed by atoms with van der Waals surface area (Å²) in [6.45, 7) is 4.52. The maximum atomic E-state index is 5.83. The summed E-state index contributed by atoms with van der Waals surface area (Å²) in [4.78, 5) is 3.51. The summed E-state index contributed by atoms with van der Waals surface area (Å²) in [5.41, 5.74) is 3.48. The van der Waals surface area contributed by atoms with Gasteiger partial charge in [-0.25, -0.2) is 0 Å². The Morgan fingerprint density at radius 2 is 2.00 bits per heavy atom. The van der Waals surface area contributed by atoms with E-state index >= 15 is 0 Å². The number of benzene rings is 2. The molecule has 0 bridgehead atoms. The fourth-order valence-electron chi connectivity index (χ4n) is 2.59. The van der Waals surface area contributed by atoms with E-state index in [0.717, 1.165) is 28.5 Å². The number of aromatic amines is 1. The number of allylic oxidation sites excluding steroid dienone is 1. The summed E-state index contributed by atoms with van der Waals surface area (Å²) in [6.07, 6.45) is 2.71. The van der Waals surface area contributed by atoms with Gasteiger partial charge in [0.25, 0.3) is 0 Å². The van der Waals surface area contributed by atoms with Gasteiger partial charge in [-0.2, -0.15) is 0 Å². The number of para-hydroxylation sites is 1. The predicted molar refractivity (Wildman–Crippen MR) is 89.0 cm³/mol. The molecule has 0 saturated carbocycles. The Bertz CT molecular complexity index is 760. The Morgan fingerprint density at radius 1 is 1.15 bits per heavy atom. The van der Waals surface area contributed by atoms with Gasteiger partial charge in [0.05, 0.1) is 12.1 Å². The zero-order chi connectivity index (χ0) is 13.9. The van der Waals surface area contributed by atoms with Crippen molar-refractivity contribution in [2.45, 2.75) is 6.42 Å². The van der Waals surface area contributed by atoms with Crippen LogP contribution in [0, 0.1) is 0 Å². The van der Waals surface area contributed by atoms with Crippen molar-refractivity contribution in [2.24, 2.45) is 0 Å². The molecule has 0 aliphatic carbocycles. The van der Waals surface area contributed by atoms with Crippen molar-refractivity contribution in [2.75, 3.05) is 11.9 Å². The minimum absolute atomic E-state index is 0.663. The van der Waals surface area contributed by atoms with Crippen LogP contribution in [0.2, 0.25) is 0 Å². The number of hydrogen-bond acceptors (Lipinski definition) is 1. The van der Waals surface area contributed by atoms with Crippen molar-refractivity contribution in [1.82, 2.24) is 4.98 Å². The van der Waals surface area contributed by atoms with E-state index in [1.54, 1.807) is 0 Å². The molecule has 0 aliphatic rings. The average Bonchev–Trinajstić information content (AvgIpc) is 2.85. The third-order valence-corrected chi connectivity index (χ3v) is 3.75. The van der Waals surface area contributed by atoms with Crippen molar-refractivity contribution < 1.29 is 4.74 Å². The van der Waals surface area contributed by atoms with Gasteiger partial charge >= 0.3 is 0 Å². The first-order valence-corrected chi connectivity index (χ1v) is 7.79. The minimum atomic E-state index is 0.663. The molecule has 1 heterocycles.